The summed E-state index contributed by atoms with van der Waals surface area (Å²) < 4.78 is 0. The van der Waals surface area contributed by atoms with Crippen LogP contribution in [0, 0.1) is 5.41 Å². The van der Waals surface area contributed by atoms with Crippen molar-refractivity contribution in [3.63, 3.8) is 0 Å². The van der Waals surface area contributed by atoms with Gasteiger partial charge in [0.2, 0.25) is 0 Å². The SMILES string of the molecule is CCCN(CCC)C1CC(O)C1(C)C. The molecule has 0 aliphatic heterocycles. The van der Waals surface area contributed by atoms with Crippen LogP contribution in [0.15, 0.2) is 0 Å². The van der Waals surface area contributed by atoms with E-state index in [4.69, 9.17) is 0 Å². The summed E-state index contributed by atoms with van der Waals surface area (Å²) >= 11 is 0. The Morgan fingerprint density at radius 1 is 1.21 bits per heavy atom. The van der Waals surface area contributed by atoms with E-state index in [0.29, 0.717) is 6.04 Å². The third-order valence-corrected chi connectivity index (χ3v) is 3.63. The van der Waals surface area contributed by atoms with E-state index in [0.717, 1.165) is 6.42 Å². The van der Waals surface area contributed by atoms with Crippen LogP contribution in [0.25, 0.3) is 0 Å². The van der Waals surface area contributed by atoms with Crippen molar-refractivity contribution in [3.05, 3.63) is 0 Å². The highest BCUT2D eigenvalue weighted by atomic mass is 16.3. The Labute approximate surface area is 88.3 Å². The second-order valence-electron chi connectivity index (χ2n) is 5.12. The van der Waals surface area contributed by atoms with Crippen molar-refractivity contribution >= 4 is 0 Å². The fourth-order valence-electron chi connectivity index (χ4n) is 2.50. The van der Waals surface area contributed by atoms with Crippen LogP contribution in [0.2, 0.25) is 0 Å². The molecule has 14 heavy (non-hydrogen) atoms. The van der Waals surface area contributed by atoms with Gasteiger partial charge in [-0.05, 0) is 32.4 Å². The second kappa shape index (κ2) is 4.63. The monoisotopic (exact) mass is 199 g/mol. The van der Waals surface area contributed by atoms with Crippen LogP contribution >= 0.6 is 0 Å². The van der Waals surface area contributed by atoms with Crippen molar-refractivity contribution in [2.75, 3.05) is 13.1 Å². The molecule has 1 N–H and O–H groups in total. The van der Waals surface area contributed by atoms with E-state index in [9.17, 15) is 5.11 Å². The minimum Gasteiger partial charge on any atom is -0.392 e. The fourth-order valence-corrected chi connectivity index (χ4v) is 2.50. The van der Waals surface area contributed by atoms with Gasteiger partial charge in [-0.15, -0.1) is 0 Å². The average molecular weight is 199 g/mol. The van der Waals surface area contributed by atoms with Gasteiger partial charge in [0.15, 0.2) is 0 Å². The predicted molar refractivity (Wildman–Crippen MR) is 60.3 cm³/mol. The third-order valence-electron chi connectivity index (χ3n) is 3.63. The highest BCUT2D eigenvalue weighted by Crippen LogP contribution is 2.43. The molecule has 1 rings (SSSR count). The molecular weight excluding hydrogens is 174 g/mol. The Kier molecular flexibility index (Phi) is 3.96. The van der Waals surface area contributed by atoms with Gasteiger partial charge in [0.1, 0.15) is 0 Å². The molecule has 0 spiro atoms. The quantitative estimate of drug-likeness (QED) is 0.734. The minimum absolute atomic E-state index is 0.0938. The predicted octanol–water partition coefficient (Wildman–Crippen LogP) is 2.27. The Balaban J connectivity index is 2.52. The van der Waals surface area contributed by atoms with Crippen molar-refractivity contribution < 1.29 is 5.11 Å². The van der Waals surface area contributed by atoms with Gasteiger partial charge < -0.3 is 5.11 Å². The van der Waals surface area contributed by atoms with Crippen molar-refractivity contribution in [3.8, 4) is 0 Å². The van der Waals surface area contributed by atoms with Gasteiger partial charge in [-0.1, -0.05) is 27.7 Å². The van der Waals surface area contributed by atoms with E-state index >= 15 is 0 Å². The molecule has 0 saturated heterocycles. The molecular formula is C12H25NO. The zero-order valence-corrected chi connectivity index (χ0v) is 10.1. The van der Waals surface area contributed by atoms with Crippen molar-refractivity contribution in [1.82, 2.24) is 4.90 Å². The van der Waals surface area contributed by atoms with Gasteiger partial charge in [-0.3, -0.25) is 4.90 Å². The molecule has 0 bridgehead atoms. The van der Waals surface area contributed by atoms with E-state index < -0.39 is 0 Å². The number of rotatable bonds is 5. The molecule has 2 atom stereocenters. The van der Waals surface area contributed by atoms with Crippen molar-refractivity contribution in [2.45, 2.75) is 59.1 Å². The van der Waals surface area contributed by atoms with Gasteiger partial charge >= 0.3 is 0 Å². The fraction of sp³-hybridized carbons (Fsp3) is 1.00. The Morgan fingerprint density at radius 2 is 1.71 bits per heavy atom. The first-order chi connectivity index (χ1) is 6.54. The van der Waals surface area contributed by atoms with E-state index in [1.165, 1.54) is 25.9 Å². The summed E-state index contributed by atoms with van der Waals surface area (Å²) in [6, 6.07) is 0.595. The van der Waals surface area contributed by atoms with E-state index in [1.807, 2.05) is 0 Å². The maximum atomic E-state index is 9.70. The summed E-state index contributed by atoms with van der Waals surface area (Å²) in [7, 11) is 0. The first kappa shape index (κ1) is 12.0. The number of hydrogen-bond donors (Lipinski definition) is 1. The molecule has 1 aliphatic rings. The number of hydrogen-bond acceptors (Lipinski definition) is 2. The molecule has 2 unspecified atom stereocenters. The molecule has 2 heteroatoms. The number of aliphatic hydroxyl groups is 1. The molecule has 0 amide bonds. The second-order valence-corrected chi connectivity index (χ2v) is 5.12. The van der Waals surface area contributed by atoms with Crippen LogP contribution < -0.4 is 0 Å². The summed E-state index contributed by atoms with van der Waals surface area (Å²) in [5.41, 5.74) is 0.102. The maximum absolute atomic E-state index is 9.70. The molecule has 84 valence electrons. The summed E-state index contributed by atoms with van der Waals surface area (Å²) in [5, 5.41) is 9.70. The van der Waals surface area contributed by atoms with Gasteiger partial charge in [0.25, 0.3) is 0 Å². The molecule has 0 radical (unpaired) electrons. The largest absolute Gasteiger partial charge is 0.392 e. The van der Waals surface area contributed by atoms with Gasteiger partial charge in [-0.25, -0.2) is 0 Å². The normalized spacial score (nSPS) is 30.4. The number of nitrogens with zero attached hydrogens (tertiary/aromatic N) is 1. The van der Waals surface area contributed by atoms with E-state index in [2.05, 4.69) is 32.6 Å². The molecule has 0 heterocycles. The summed E-state index contributed by atoms with van der Waals surface area (Å²) in [5.74, 6) is 0. The van der Waals surface area contributed by atoms with Crippen LogP contribution in [-0.2, 0) is 0 Å². The van der Waals surface area contributed by atoms with Crippen LogP contribution in [0.4, 0.5) is 0 Å². The van der Waals surface area contributed by atoms with Crippen LogP contribution in [0.1, 0.15) is 47.0 Å². The molecule has 1 fully saturated rings. The highest BCUT2D eigenvalue weighted by Gasteiger charge is 2.49. The lowest BCUT2D eigenvalue weighted by Crippen LogP contribution is -2.61. The molecule has 1 aliphatic carbocycles. The summed E-state index contributed by atoms with van der Waals surface area (Å²) in [6.07, 6.45) is 3.29. The summed E-state index contributed by atoms with van der Waals surface area (Å²) in [4.78, 5) is 2.55. The lowest BCUT2D eigenvalue weighted by atomic mass is 9.64. The minimum atomic E-state index is -0.0938. The molecule has 0 aromatic rings. The maximum Gasteiger partial charge on any atom is 0.0621 e. The third kappa shape index (κ3) is 2.12. The van der Waals surface area contributed by atoms with Gasteiger partial charge in [-0.2, -0.15) is 0 Å². The number of aliphatic hydroxyl groups excluding tert-OH is 1. The van der Waals surface area contributed by atoms with Crippen LogP contribution in [0.5, 0.6) is 0 Å². The first-order valence-electron chi connectivity index (χ1n) is 5.96. The zero-order chi connectivity index (χ0) is 10.8. The van der Waals surface area contributed by atoms with Crippen molar-refractivity contribution in [2.24, 2.45) is 5.41 Å². The standard InChI is InChI=1S/C12H25NO/c1-5-7-13(8-6-2)10-9-11(14)12(10,3)4/h10-11,14H,5-9H2,1-4H3. The average Bonchev–Trinajstić information content (AvgIpc) is 2.14. The Morgan fingerprint density at radius 3 is 2.00 bits per heavy atom. The van der Waals surface area contributed by atoms with Gasteiger partial charge in [0.05, 0.1) is 6.10 Å². The first-order valence-corrected chi connectivity index (χ1v) is 5.96. The van der Waals surface area contributed by atoms with E-state index in [1.54, 1.807) is 0 Å². The van der Waals surface area contributed by atoms with E-state index in [-0.39, 0.29) is 11.5 Å². The highest BCUT2D eigenvalue weighted by molar-refractivity contribution is 5.02. The topological polar surface area (TPSA) is 23.5 Å². The zero-order valence-electron chi connectivity index (χ0n) is 10.1. The Bertz CT molecular complexity index is 173. The lowest BCUT2D eigenvalue weighted by Gasteiger charge is -2.54. The smallest absolute Gasteiger partial charge is 0.0621 e. The molecule has 0 aromatic carbocycles. The Hall–Kier alpha value is -0.0800. The van der Waals surface area contributed by atoms with Gasteiger partial charge in [0, 0.05) is 11.5 Å². The van der Waals surface area contributed by atoms with Crippen LogP contribution in [0.3, 0.4) is 0 Å². The lowest BCUT2D eigenvalue weighted by molar-refractivity contribution is -0.120. The molecule has 1 saturated carbocycles. The molecule has 2 nitrogen and oxygen atoms in total. The molecule has 0 aromatic heterocycles. The van der Waals surface area contributed by atoms with Crippen LogP contribution in [-0.4, -0.2) is 35.2 Å². The summed E-state index contributed by atoms with van der Waals surface area (Å²) in [6.45, 7) is 11.2. The van der Waals surface area contributed by atoms with Crippen molar-refractivity contribution in [1.29, 1.82) is 0 Å².